The Morgan fingerprint density at radius 2 is 1.26 bits per heavy atom. The fourth-order valence-corrected chi connectivity index (χ4v) is 8.68. The largest absolute Gasteiger partial charge is 0.214 e. The quantitative estimate of drug-likeness (QED) is 0.190. The van der Waals surface area contributed by atoms with Crippen molar-refractivity contribution in [2.75, 3.05) is 0 Å². The molecule has 3 aliphatic carbocycles. The molecule has 0 nitrogen and oxygen atoms in total. The van der Waals surface area contributed by atoms with E-state index < -0.39 is 0 Å². The van der Waals surface area contributed by atoms with E-state index in [0.717, 1.165) is 18.3 Å². The summed E-state index contributed by atoms with van der Waals surface area (Å²) < 4.78 is 1.90. The molecule has 0 heterocycles. The van der Waals surface area contributed by atoms with Gasteiger partial charge in [0.25, 0.3) is 0 Å². The molecule has 0 spiro atoms. The molecule has 0 N–H and O–H groups in total. The minimum absolute atomic E-state index is 0. The number of hydrogen-bond donors (Lipinski definition) is 0. The molecule has 0 aliphatic heterocycles. The van der Waals surface area contributed by atoms with Gasteiger partial charge >= 0.3 is 103 Å². The van der Waals surface area contributed by atoms with E-state index in [4.69, 9.17) is 0 Å². The second kappa shape index (κ2) is 16.2. The Balaban J connectivity index is 0.000000168. The fourth-order valence-electron chi connectivity index (χ4n) is 7.26. The van der Waals surface area contributed by atoms with E-state index in [9.17, 15) is 0 Å². The van der Waals surface area contributed by atoms with Crippen LogP contribution in [0.3, 0.4) is 0 Å². The van der Waals surface area contributed by atoms with Gasteiger partial charge in [0, 0.05) is 0 Å². The third-order valence-electron chi connectivity index (χ3n) is 9.18. The average molecular weight is 671 g/mol. The zero-order valence-corrected chi connectivity index (χ0v) is 28.4. The van der Waals surface area contributed by atoms with E-state index in [0.29, 0.717) is 0 Å². The SMILES string of the molecule is [Cl-].[Cl-].[Zr+2]=[C](CC1CCCC1)CC1CCCC1.[c-]1cccc2c1c1c(c3ccccc32)-c2ccccc2C1.c1cc[cH-]c1. The molecule has 0 bridgehead atoms. The van der Waals surface area contributed by atoms with E-state index in [2.05, 4.69) is 66.7 Å². The second-order valence-corrected chi connectivity index (χ2v) is 13.7. The fraction of sp³-hybridized carbons (Fsp3) is 0.333. The Morgan fingerprint density at radius 1 is 0.690 bits per heavy atom. The first-order valence-corrected chi connectivity index (χ1v) is 16.7. The van der Waals surface area contributed by atoms with Crippen molar-refractivity contribution < 1.29 is 49.0 Å². The van der Waals surface area contributed by atoms with Gasteiger partial charge in [-0.2, -0.15) is 18.2 Å². The molecule has 216 valence electrons. The van der Waals surface area contributed by atoms with Gasteiger partial charge < -0.3 is 24.8 Å². The Bertz CT molecular complexity index is 1520. The van der Waals surface area contributed by atoms with Gasteiger partial charge in [-0.15, -0.1) is 40.6 Å². The number of benzene rings is 4. The van der Waals surface area contributed by atoms with Gasteiger partial charge in [-0.25, -0.2) is 12.1 Å². The van der Waals surface area contributed by atoms with Crippen LogP contribution in [0.1, 0.15) is 75.3 Å². The summed E-state index contributed by atoms with van der Waals surface area (Å²) in [5.74, 6) is 2.18. The van der Waals surface area contributed by atoms with Crippen LogP contribution in [0, 0.1) is 17.9 Å². The van der Waals surface area contributed by atoms with Crippen LogP contribution < -0.4 is 24.8 Å². The summed E-state index contributed by atoms with van der Waals surface area (Å²) in [6.45, 7) is 0. The molecule has 42 heavy (non-hydrogen) atoms. The summed E-state index contributed by atoms with van der Waals surface area (Å²) in [5.41, 5.74) is 5.67. The van der Waals surface area contributed by atoms with Crippen molar-refractivity contribution >= 4 is 24.8 Å². The molecule has 2 saturated carbocycles. The van der Waals surface area contributed by atoms with Crippen LogP contribution in [-0.2, 0) is 30.7 Å². The Morgan fingerprint density at radius 3 is 1.88 bits per heavy atom. The summed E-state index contributed by atoms with van der Waals surface area (Å²) in [5, 5.41) is 5.30. The van der Waals surface area contributed by atoms with Crippen LogP contribution in [0.2, 0.25) is 0 Å². The van der Waals surface area contributed by atoms with Crippen LogP contribution in [0.15, 0.2) is 97.1 Å². The molecule has 0 saturated heterocycles. The van der Waals surface area contributed by atoms with Crippen molar-refractivity contribution in [2.45, 2.75) is 70.6 Å². The molecule has 0 amide bonds. The molecular weight excluding hydrogens is 631 g/mol. The first kappa shape index (κ1) is 33.0. The molecule has 0 aromatic heterocycles. The van der Waals surface area contributed by atoms with Gasteiger partial charge in [-0.05, 0) is 28.5 Å². The van der Waals surface area contributed by atoms with Gasteiger partial charge in [0.2, 0.25) is 0 Å². The molecule has 0 atom stereocenters. The Labute approximate surface area is 279 Å². The molecule has 2 fully saturated rings. The zero-order valence-electron chi connectivity index (χ0n) is 24.4. The van der Waals surface area contributed by atoms with Crippen LogP contribution in [0.5, 0.6) is 0 Å². The first-order valence-electron chi connectivity index (χ1n) is 15.4. The summed E-state index contributed by atoms with van der Waals surface area (Å²) in [4.78, 5) is 0. The van der Waals surface area contributed by atoms with Crippen LogP contribution in [-0.4, -0.2) is 3.21 Å². The third kappa shape index (κ3) is 7.77. The predicted molar refractivity (Wildman–Crippen MR) is 169 cm³/mol. The van der Waals surface area contributed by atoms with Crippen molar-refractivity contribution in [2.24, 2.45) is 11.8 Å². The second-order valence-electron chi connectivity index (χ2n) is 12.0. The van der Waals surface area contributed by atoms with E-state index in [1.807, 2.05) is 39.6 Å². The summed E-state index contributed by atoms with van der Waals surface area (Å²) in [7, 11) is 0. The summed E-state index contributed by atoms with van der Waals surface area (Å²) in [6.07, 6.45) is 16.2. The predicted octanol–water partition coefficient (Wildman–Crippen LogP) is 4.64. The van der Waals surface area contributed by atoms with Gasteiger partial charge in [-0.3, -0.25) is 0 Å². The summed E-state index contributed by atoms with van der Waals surface area (Å²) >= 11 is 1.74. The van der Waals surface area contributed by atoms with Gasteiger partial charge in [0.15, 0.2) is 0 Å². The Hall–Kier alpha value is -1.92. The van der Waals surface area contributed by atoms with Crippen molar-refractivity contribution in [3.05, 3.63) is 114 Å². The minimum Gasteiger partial charge on any atom is -0.214 e. The van der Waals surface area contributed by atoms with E-state index >= 15 is 0 Å². The minimum atomic E-state index is 0. The molecule has 0 radical (unpaired) electrons. The van der Waals surface area contributed by atoms with Gasteiger partial charge in [0.05, 0.1) is 0 Å². The van der Waals surface area contributed by atoms with Gasteiger partial charge in [-0.1, -0.05) is 53.9 Å². The monoisotopic (exact) mass is 668 g/mol. The zero-order chi connectivity index (χ0) is 27.1. The van der Waals surface area contributed by atoms with Crippen LogP contribution in [0.4, 0.5) is 0 Å². The first-order chi connectivity index (χ1) is 19.8. The molecule has 8 rings (SSSR count). The topological polar surface area (TPSA) is 0 Å². The molecule has 3 heteroatoms. The number of fused-ring (bicyclic) bond motifs is 8. The van der Waals surface area contributed by atoms with E-state index in [1.54, 1.807) is 24.2 Å². The van der Waals surface area contributed by atoms with Gasteiger partial charge in [0.1, 0.15) is 0 Å². The standard InChI is InChI=1S/C21H13.C13H22.C5H5.2ClH.Zr/c1-2-8-15-14(7-1)13-20-18-11-4-3-9-16(18)17-10-5-6-12-19(17)21(15)20;1-2-7-12(6-1)10-5-11-13-8-3-4-9-13;1-2-4-5-3-1;;;/h1-10,12H,13H2;12-13H,1-4,6-11H2;1-5H;2*1H;/q-1;;-1;;;+2/p-2. The maximum atomic E-state index is 3.48. The van der Waals surface area contributed by atoms with Crippen molar-refractivity contribution in [1.82, 2.24) is 0 Å². The number of hydrogen-bond acceptors (Lipinski definition) is 0. The summed E-state index contributed by atoms with van der Waals surface area (Å²) in [6, 6.07) is 37.3. The van der Waals surface area contributed by atoms with E-state index in [1.165, 1.54) is 108 Å². The van der Waals surface area contributed by atoms with Crippen molar-refractivity contribution in [3.8, 4) is 11.1 Å². The van der Waals surface area contributed by atoms with Crippen LogP contribution >= 0.6 is 0 Å². The average Bonchev–Trinajstić information content (AvgIpc) is 3.82. The normalized spacial score (nSPS) is 15.5. The molecule has 5 aromatic carbocycles. The molecule has 5 aromatic rings. The smallest absolute Gasteiger partial charge is 0.0240 e. The Kier molecular flexibility index (Phi) is 12.8. The van der Waals surface area contributed by atoms with Crippen molar-refractivity contribution in [3.63, 3.8) is 0 Å². The van der Waals surface area contributed by atoms with Crippen molar-refractivity contribution in [1.29, 1.82) is 0 Å². The maximum Gasteiger partial charge on any atom is -0.0240 e. The third-order valence-corrected chi connectivity index (χ3v) is 10.2. The molecule has 0 unspecified atom stereocenters. The molecular formula is C39H40Cl2Zr-2. The van der Waals surface area contributed by atoms with E-state index in [-0.39, 0.29) is 24.8 Å². The molecule has 3 aliphatic rings. The van der Waals surface area contributed by atoms with Crippen LogP contribution in [0.25, 0.3) is 32.7 Å². The maximum absolute atomic E-state index is 3.48. The number of rotatable bonds is 4. The number of halogens is 2.